The highest BCUT2D eigenvalue weighted by atomic mass is 79.9. The number of carbonyl (C=O) groups excluding carboxylic acids is 2. The number of halogens is 1. The summed E-state index contributed by atoms with van der Waals surface area (Å²) in [5, 5.41) is 3.46. The monoisotopic (exact) mass is 507 g/mol. The molecule has 6 heteroatoms. The van der Waals surface area contributed by atoms with Crippen molar-refractivity contribution in [1.82, 2.24) is 5.32 Å². The van der Waals surface area contributed by atoms with E-state index < -0.39 is 0 Å². The van der Waals surface area contributed by atoms with Gasteiger partial charge in [-0.3, -0.25) is 9.59 Å². The van der Waals surface area contributed by atoms with Gasteiger partial charge in [0, 0.05) is 45.8 Å². The number of dihydropyridines is 1. The number of hydrogen-bond acceptors (Lipinski definition) is 5. The van der Waals surface area contributed by atoms with Crippen LogP contribution in [0.2, 0.25) is 0 Å². The highest BCUT2D eigenvalue weighted by Crippen LogP contribution is 2.46. The standard InChI is InChI=1S/C27H26BrNO4/c1-32-24-14-17(10-13-23(24)33-15-16-8-11-18(28)12-9-16)25-26-19(4-2-6-21(26)30)29-20-5-3-7-22(31)27(20)25/h8-14,25,29H,2-7,15H2,1H3. The number of ketones is 2. The minimum absolute atomic E-state index is 0.133. The molecule has 0 saturated carbocycles. The summed E-state index contributed by atoms with van der Waals surface area (Å²) in [5.41, 5.74) is 5.42. The van der Waals surface area contributed by atoms with Crippen LogP contribution < -0.4 is 14.8 Å². The highest BCUT2D eigenvalue weighted by Gasteiger charge is 2.40. The van der Waals surface area contributed by atoms with Gasteiger partial charge in [0.2, 0.25) is 0 Å². The molecular formula is C27H26BrNO4. The molecule has 3 aliphatic rings. The molecule has 0 spiro atoms. The average molecular weight is 508 g/mol. The Balaban J connectivity index is 1.50. The van der Waals surface area contributed by atoms with Crippen LogP contribution in [0.5, 0.6) is 11.5 Å². The van der Waals surface area contributed by atoms with Gasteiger partial charge in [-0.05, 0) is 61.1 Å². The third-order valence-corrected chi connectivity index (χ3v) is 7.15. The largest absolute Gasteiger partial charge is 0.493 e. The number of Topliss-reactive ketones (excluding diaryl/α,β-unsaturated/α-hetero) is 2. The zero-order chi connectivity index (χ0) is 22.9. The Kier molecular flexibility index (Phi) is 6.11. The Morgan fingerprint density at radius 3 is 2.12 bits per heavy atom. The van der Waals surface area contributed by atoms with Gasteiger partial charge < -0.3 is 14.8 Å². The third kappa shape index (κ3) is 4.24. The number of methoxy groups -OCH3 is 1. The molecule has 2 aliphatic carbocycles. The van der Waals surface area contributed by atoms with Crippen molar-refractivity contribution in [3.8, 4) is 11.5 Å². The van der Waals surface area contributed by atoms with Crippen LogP contribution in [0.4, 0.5) is 0 Å². The summed E-state index contributed by atoms with van der Waals surface area (Å²) in [6, 6.07) is 13.7. The van der Waals surface area contributed by atoms with Crippen LogP contribution in [0.15, 0.2) is 69.5 Å². The van der Waals surface area contributed by atoms with Crippen LogP contribution in [0.25, 0.3) is 0 Å². The summed E-state index contributed by atoms with van der Waals surface area (Å²) >= 11 is 3.45. The summed E-state index contributed by atoms with van der Waals surface area (Å²) in [6.07, 6.45) is 4.43. The smallest absolute Gasteiger partial charge is 0.161 e. The molecule has 33 heavy (non-hydrogen) atoms. The Bertz CT molecular complexity index is 1140. The van der Waals surface area contributed by atoms with Gasteiger partial charge in [0.25, 0.3) is 0 Å². The predicted octanol–water partition coefficient (Wildman–Crippen LogP) is 5.74. The lowest BCUT2D eigenvalue weighted by molar-refractivity contribution is -0.116. The van der Waals surface area contributed by atoms with Gasteiger partial charge in [-0.25, -0.2) is 0 Å². The fourth-order valence-corrected chi connectivity index (χ4v) is 5.31. The van der Waals surface area contributed by atoms with E-state index in [-0.39, 0.29) is 17.5 Å². The van der Waals surface area contributed by atoms with Gasteiger partial charge in [0.1, 0.15) is 6.61 Å². The molecule has 2 aromatic carbocycles. The minimum Gasteiger partial charge on any atom is -0.493 e. The number of nitrogens with one attached hydrogen (secondary N) is 1. The number of ether oxygens (including phenoxy) is 2. The Labute approximate surface area is 202 Å². The zero-order valence-electron chi connectivity index (χ0n) is 18.6. The van der Waals surface area contributed by atoms with Crippen molar-refractivity contribution in [1.29, 1.82) is 0 Å². The minimum atomic E-state index is -0.341. The average Bonchev–Trinajstić information content (AvgIpc) is 2.83. The van der Waals surface area contributed by atoms with E-state index in [1.165, 1.54) is 0 Å². The molecule has 0 bridgehead atoms. The summed E-state index contributed by atoms with van der Waals surface area (Å²) in [5.74, 6) is 1.15. The van der Waals surface area contributed by atoms with Crippen molar-refractivity contribution in [3.63, 3.8) is 0 Å². The fraction of sp³-hybridized carbons (Fsp3) is 0.333. The zero-order valence-corrected chi connectivity index (χ0v) is 20.2. The normalized spacial score (nSPS) is 18.6. The predicted molar refractivity (Wildman–Crippen MR) is 129 cm³/mol. The number of benzene rings is 2. The second-order valence-electron chi connectivity index (χ2n) is 8.72. The van der Waals surface area contributed by atoms with Gasteiger partial charge in [0.15, 0.2) is 23.1 Å². The van der Waals surface area contributed by atoms with Gasteiger partial charge >= 0.3 is 0 Å². The van der Waals surface area contributed by atoms with Crippen molar-refractivity contribution >= 4 is 27.5 Å². The maximum Gasteiger partial charge on any atom is 0.161 e. The lowest BCUT2D eigenvalue weighted by atomic mass is 9.71. The van der Waals surface area contributed by atoms with Gasteiger partial charge in [-0.2, -0.15) is 0 Å². The summed E-state index contributed by atoms with van der Waals surface area (Å²) in [7, 11) is 1.61. The van der Waals surface area contributed by atoms with E-state index in [4.69, 9.17) is 9.47 Å². The Morgan fingerprint density at radius 1 is 0.879 bits per heavy atom. The number of allylic oxidation sites excluding steroid dienone is 4. The third-order valence-electron chi connectivity index (χ3n) is 6.62. The number of hydrogen-bond donors (Lipinski definition) is 1. The Hall–Kier alpha value is -2.86. The van der Waals surface area contributed by atoms with Crippen LogP contribution in [0.3, 0.4) is 0 Å². The van der Waals surface area contributed by atoms with Crippen LogP contribution in [-0.4, -0.2) is 18.7 Å². The summed E-state index contributed by atoms with van der Waals surface area (Å²) in [4.78, 5) is 26.0. The van der Waals surface area contributed by atoms with E-state index in [1.54, 1.807) is 7.11 Å². The first kappa shape index (κ1) is 22.0. The van der Waals surface area contributed by atoms with Crippen LogP contribution in [-0.2, 0) is 16.2 Å². The second kappa shape index (κ2) is 9.18. The van der Waals surface area contributed by atoms with Gasteiger partial charge in [-0.15, -0.1) is 0 Å². The van der Waals surface area contributed by atoms with Crippen molar-refractivity contribution in [3.05, 3.63) is 80.6 Å². The molecular weight excluding hydrogens is 482 g/mol. The molecule has 5 rings (SSSR count). The summed E-state index contributed by atoms with van der Waals surface area (Å²) in [6.45, 7) is 0.415. The molecule has 0 atom stereocenters. The summed E-state index contributed by atoms with van der Waals surface area (Å²) < 4.78 is 12.7. The van der Waals surface area contributed by atoms with Crippen LogP contribution in [0.1, 0.15) is 55.6 Å². The second-order valence-corrected chi connectivity index (χ2v) is 9.64. The van der Waals surface area contributed by atoms with E-state index in [0.717, 1.165) is 63.8 Å². The molecule has 5 nitrogen and oxygen atoms in total. The lowest BCUT2D eigenvalue weighted by Crippen LogP contribution is -2.36. The van der Waals surface area contributed by atoms with Gasteiger partial charge in [0.05, 0.1) is 7.11 Å². The van der Waals surface area contributed by atoms with Gasteiger partial charge in [-0.1, -0.05) is 34.1 Å². The topological polar surface area (TPSA) is 64.6 Å². The molecule has 0 radical (unpaired) electrons. The Morgan fingerprint density at radius 2 is 1.52 bits per heavy atom. The quantitative estimate of drug-likeness (QED) is 0.559. The van der Waals surface area contributed by atoms with Crippen LogP contribution >= 0.6 is 15.9 Å². The number of rotatable bonds is 5. The lowest BCUT2D eigenvalue weighted by Gasteiger charge is -2.37. The first-order chi connectivity index (χ1) is 16.0. The molecule has 0 fully saturated rings. The molecule has 2 aromatic rings. The highest BCUT2D eigenvalue weighted by molar-refractivity contribution is 9.10. The van der Waals surface area contributed by atoms with E-state index in [1.807, 2.05) is 42.5 Å². The van der Waals surface area contributed by atoms with Crippen molar-refractivity contribution in [2.45, 2.75) is 51.0 Å². The van der Waals surface area contributed by atoms with E-state index in [9.17, 15) is 9.59 Å². The fourth-order valence-electron chi connectivity index (χ4n) is 5.04. The maximum absolute atomic E-state index is 13.0. The van der Waals surface area contributed by atoms with Crippen LogP contribution in [0, 0.1) is 0 Å². The maximum atomic E-state index is 13.0. The van der Waals surface area contributed by atoms with E-state index in [2.05, 4.69) is 21.2 Å². The van der Waals surface area contributed by atoms with Crippen molar-refractivity contribution < 1.29 is 19.1 Å². The molecule has 0 amide bonds. The molecule has 0 aromatic heterocycles. The molecule has 170 valence electrons. The SMILES string of the molecule is COc1cc(C2C3=C(CCCC3=O)NC3=C2C(=O)CCC3)ccc1OCc1ccc(Br)cc1. The number of carbonyl (C=O) groups is 2. The molecule has 1 aliphatic heterocycles. The van der Waals surface area contributed by atoms with Crippen molar-refractivity contribution in [2.24, 2.45) is 0 Å². The first-order valence-corrected chi connectivity index (χ1v) is 12.2. The first-order valence-electron chi connectivity index (χ1n) is 11.4. The van der Waals surface area contributed by atoms with Crippen molar-refractivity contribution in [2.75, 3.05) is 7.11 Å². The van der Waals surface area contributed by atoms with E-state index in [0.29, 0.717) is 30.9 Å². The molecule has 0 unspecified atom stereocenters. The van der Waals surface area contributed by atoms with E-state index >= 15 is 0 Å². The molecule has 1 heterocycles. The molecule has 1 N–H and O–H groups in total. The molecule has 0 saturated heterocycles.